The van der Waals surface area contributed by atoms with Crippen LogP contribution in [0.4, 0.5) is 11.4 Å². The van der Waals surface area contributed by atoms with Gasteiger partial charge >= 0.3 is 0 Å². The first-order valence-electron chi connectivity index (χ1n) is 14.1. The molecule has 0 bridgehead atoms. The highest BCUT2D eigenvalue weighted by Crippen LogP contribution is 2.33. The molecule has 0 aliphatic carbocycles. The lowest BCUT2D eigenvalue weighted by Gasteiger charge is -2.33. The molecule has 0 amide bonds. The topological polar surface area (TPSA) is 94.3 Å². The Bertz CT molecular complexity index is 1170. The van der Waals surface area contributed by atoms with E-state index >= 15 is 0 Å². The van der Waals surface area contributed by atoms with E-state index in [-0.39, 0.29) is 0 Å². The number of nitrogens with one attached hydrogen (secondary N) is 1. The maximum absolute atomic E-state index is 13.2. The second-order valence-corrected chi connectivity index (χ2v) is 14.0. The zero-order chi connectivity index (χ0) is 27.8. The number of sulfonamides is 1. The molecule has 0 unspecified atom stereocenters. The Morgan fingerprint density at radius 2 is 1.51 bits per heavy atom. The van der Waals surface area contributed by atoms with Crippen LogP contribution in [0.3, 0.4) is 0 Å². The highest BCUT2D eigenvalue weighted by atomic mass is 32.2. The molecule has 2 aromatic rings. The summed E-state index contributed by atoms with van der Waals surface area (Å²) in [6.07, 6.45) is 8.18. The monoisotopic (exact) mass is 572 g/mol. The quantitative estimate of drug-likeness (QED) is 0.229. The second kappa shape index (κ2) is 13.9. The number of hydrogen-bond donors (Lipinski definition) is 2. The average molecular weight is 573 g/mol. The summed E-state index contributed by atoms with van der Waals surface area (Å²) in [5, 5.41) is 3.17. The summed E-state index contributed by atoms with van der Waals surface area (Å²) >= 11 is 1.88. The first kappa shape index (κ1) is 29.7. The van der Waals surface area contributed by atoms with E-state index in [1.807, 2.05) is 33.1 Å². The molecule has 2 saturated heterocycles. The van der Waals surface area contributed by atoms with Crippen LogP contribution in [-0.4, -0.2) is 75.2 Å². The van der Waals surface area contributed by atoms with Crippen LogP contribution >= 0.6 is 11.9 Å². The summed E-state index contributed by atoms with van der Waals surface area (Å²) in [5.41, 5.74) is 7.65. The fourth-order valence-corrected chi connectivity index (χ4v) is 7.75. The van der Waals surface area contributed by atoms with Crippen molar-refractivity contribution in [1.29, 1.82) is 0 Å². The highest BCUT2D eigenvalue weighted by molar-refractivity contribution is 7.97. The predicted octanol–water partition coefficient (Wildman–Crippen LogP) is 5.23. The first-order chi connectivity index (χ1) is 18.7. The van der Waals surface area contributed by atoms with Crippen LogP contribution in [0.25, 0.3) is 0 Å². The Labute approximate surface area is 239 Å². The van der Waals surface area contributed by atoms with E-state index in [2.05, 4.69) is 38.9 Å². The third kappa shape index (κ3) is 8.36. The van der Waals surface area contributed by atoms with Crippen LogP contribution < -0.4 is 11.1 Å². The van der Waals surface area contributed by atoms with Gasteiger partial charge in [0.1, 0.15) is 0 Å². The molecule has 4 rings (SSSR count). The predicted molar refractivity (Wildman–Crippen MR) is 163 cm³/mol. The van der Waals surface area contributed by atoms with Crippen LogP contribution in [0, 0.1) is 11.8 Å². The van der Waals surface area contributed by atoms with E-state index in [1.54, 1.807) is 33.5 Å². The minimum absolute atomic E-state index is 0.322. The number of aliphatic imine (C=N–C) groups is 1. The molecule has 2 aliphatic rings. The van der Waals surface area contributed by atoms with Gasteiger partial charge in [0.05, 0.1) is 10.6 Å². The van der Waals surface area contributed by atoms with Gasteiger partial charge in [-0.2, -0.15) is 4.31 Å². The molecule has 0 radical (unpaired) electrons. The lowest BCUT2D eigenvalue weighted by atomic mass is 9.87. The highest BCUT2D eigenvalue weighted by Gasteiger charge is 2.29. The smallest absolute Gasteiger partial charge is 0.243 e. The van der Waals surface area contributed by atoms with Gasteiger partial charge in [-0.15, -0.1) is 0 Å². The number of guanidine groups is 1. The Morgan fingerprint density at radius 1 is 0.949 bits per heavy atom. The second-order valence-electron chi connectivity index (χ2n) is 10.9. The molecular formula is C29H44N6O2S2. The van der Waals surface area contributed by atoms with Crippen molar-refractivity contribution < 1.29 is 8.42 Å². The molecule has 0 aromatic heterocycles. The van der Waals surface area contributed by atoms with Crippen molar-refractivity contribution >= 4 is 39.3 Å². The maximum Gasteiger partial charge on any atom is 0.243 e. The van der Waals surface area contributed by atoms with E-state index in [0.29, 0.717) is 35.5 Å². The van der Waals surface area contributed by atoms with E-state index in [4.69, 9.17) is 5.73 Å². The van der Waals surface area contributed by atoms with Gasteiger partial charge in [-0.1, -0.05) is 19.3 Å². The normalized spacial score (nSPS) is 18.8. The first-order valence-corrected chi connectivity index (χ1v) is 16.3. The molecule has 10 heteroatoms. The Kier molecular flexibility index (Phi) is 10.6. The number of anilines is 1. The van der Waals surface area contributed by atoms with Gasteiger partial charge in [0.25, 0.3) is 0 Å². The average Bonchev–Trinajstić information content (AvgIpc) is 2.95. The summed E-state index contributed by atoms with van der Waals surface area (Å²) in [4.78, 5) is 7.64. The van der Waals surface area contributed by atoms with Crippen LogP contribution in [-0.2, 0) is 10.0 Å². The lowest BCUT2D eigenvalue weighted by Crippen LogP contribution is -2.38. The summed E-state index contributed by atoms with van der Waals surface area (Å²) in [7, 11) is 2.10. The van der Waals surface area contributed by atoms with E-state index in [9.17, 15) is 8.42 Å². The van der Waals surface area contributed by atoms with Crippen molar-refractivity contribution in [3.63, 3.8) is 0 Å². The summed E-state index contributed by atoms with van der Waals surface area (Å²) in [5.74, 6) is 1.82. The fourth-order valence-electron chi connectivity index (χ4n) is 5.33. The molecule has 0 saturated carbocycles. The Hall–Kier alpha value is -2.27. The standard InChI is InChI=1S/C29H44N6O2S2/c1-31-25-7-11-27(12-8-25)38-34-19-15-23(16-20-34)5-4-6-24-17-21-35(22-18-24)39(36,37)28-13-9-26(10-14-28)32-29(30)33(2)3/h7-14,23-24,31H,4-6,15-22H2,1-3H3,(H2,30,32). The van der Waals surface area contributed by atoms with E-state index in [0.717, 1.165) is 37.5 Å². The van der Waals surface area contributed by atoms with Crippen LogP contribution in [0.1, 0.15) is 44.9 Å². The SMILES string of the molecule is CNc1ccc(SN2CCC(CCCC3CCN(S(=O)(=O)c4ccc(N=C(N)N(C)C)cc4)CC3)CC2)cc1. The Morgan fingerprint density at radius 3 is 2.05 bits per heavy atom. The molecule has 3 N–H and O–H groups in total. The maximum atomic E-state index is 13.2. The van der Waals surface area contributed by atoms with Gasteiger partial charge in [-0.3, -0.25) is 0 Å². The summed E-state index contributed by atoms with van der Waals surface area (Å²) in [6, 6.07) is 15.3. The van der Waals surface area contributed by atoms with Crippen LogP contribution in [0.15, 0.2) is 63.3 Å². The number of nitrogens with two attached hydrogens (primary N) is 1. The number of rotatable bonds is 10. The van der Waals surface area contributed by atoms with Crippen molar-refractivity contribution in [1.82, 2.24) is 13.5 Å². The van der Waals surface area contributed by atoms with Crippen molar-refractivity contribution in [2.75, 3.05) is 52.6 Å². The molecule has 2 aliphatic heterocycles. The molecule has 0 atom stereocenters. The molecule has 214 valence electrons. The van der Waals surface area contributed by atoms with Crippen molar-refractivity contribution in [2.24, 2.45) is 22.6 Å². The van der Waals surface area contributed by atoms with Gasteiger partial charge in [-0.25, -0.2) is 17.7 Å². The van der Waals surface area contributed by atoms with Gasteiger partial charge in [-0.05, 0) is 98.0 Å². The van der Waals surface area contributed by atoms with Crippen molar-refractivity contribution in [3.05, 3.63) is 48.5 Å². The van der Waals surface area contributed by atoms with Gasteiger partial charge in [0.2, 0.25) is 10.0 Å². The van der Waals surface area contributed by atoms with Crippen molar-refractivity contribution in [3.8, 4) is 0 Å². The number of hydrogen-bond acceptors (Lipinski definition) is 6. The molecule has 8 nitrogen and oxygen atoms in total. The molecule has 0 spiro atoms. The van der Waals surface area contributed by atoms with Crippen LogP contribution in [0.5, 0.6) is 0 Å². The van der Waals surface area contributed by atoms with Gasteiger partial charge in [0, 0.05) is 57.9 Å². The summed E-state index contributed by atoms with van der Waals surface area (Å²) < 4.78 is 30.5. The van der Waals surface area contributed by atoms with Gasteiger partial charge in [0.15, 0.2) is 5.96 Å². The largest absolute Gasteiger partial charge is 0.388 e. The number of benzene rings is 2. The van der Waals surface area contributed by atoms with E-state index in [1.165, 1.54) is 37.0 Å². The molecule has 2 heterocycles. The van der Waals surface area contributed by atoms with E-state index < -0.39 is 10.0 Å². The molecule has 39 heavy (non-hydrogen) atoms. The number of piperidine rings is 2. The summed E-state index contributed by atoms with van der Waals surface area (Å²) in [6.45, 7) is 3.50. The molecule has 2 aromatic carbocycles. The minimum atomic E-state index is -3.48. The zero-order valence-electron chi connectivity index (χ0n) is 23.6. The van der Waals surface area contributed by atoms with Crippen molar-refractivity contribution in [2.45, 2.75) is 54.7 Å². The molecular weight excluding hydrogens is 528 g/mol. The third-order valence-electron chi connectivity index (χ3n) is 7.93. The Balaban J connectivity index is 1.15. The minimum Gasteiger partial charge on any atom is -0.388 e. The van der Waals surface area contributed by atoms with Gasteiger partial charge < -0.3 is 16.0 Å². The third-order valence-corrected chi connectivity index (χ3v) is 10.9. The lowest BCUT2D eigenvalue weighted by molar-refractivity contribution is 0.239. The van der Waals surface area contributed by atoms with Crippen LogP contribution in [0.2, 0.25) is 0 Å². The number of nitrogens with zero attached hydrogens (tertiary/aromatic N) is 4. The fraction of sp³-hybridized carbons (Fsp3) is 0.552. The molecule has 2 fully saturated rings. The zero-order valence-corrected chi connectivity index (χ0v) is 25.2.